The Morgan fingerprint density at radius 3 is 3.23 bits per heavy atom. The Morgan fingerprint density at radius 2 is 2.62 bits per heavy atom. The molecule has 0 saturated carbocycles. The summed E-state index contributed by atoms with van der Waals surface area (Å²) in [4.78, 5) is 17.9. The predicted molar refractivity (Wildman–Crippen MR) is 46.9 cm³/mol. The van der Waals surface area contributed by atoms with E-state index in [0.29, 0.717) is 13.2 Å². The molecule has 0 aromatic carbocycles. The van der Waals surface area contributed by atoms with Gasteiger partial charge in [-0.25, -0.2) is 4.98 Å². The fraction of sp³-hybridized carbons (Fsp3) is 0.500. The van der Waals surface area contributed by atoms with Crippen molar-refractivity contribution in [1.82, 2.24) is 15.3 Å². The standard InChI is InChI=1S/C8H13N3O2/c1-2-13-6-8(12)11-5-7-9-3-4-10-7/h3-4H,2,5-6H2,1H3,(H,9,10)(H,11,12). The molecule has 72 valence electrons. The summed E-state index contributed by atoms with van der Waals surface area (Å²) in [6.45, 7) is 2.92. The largest absolute Gasteiger partial charge is 0.372 e. The lowest BCUT2D eigenvalue weighted by atomic mass is 10.5. The van der Waals surface area contributed by atoms with E-state index in [-0.39, 0.29) is 12.5 Å². The zero-order valence-electron chi connectivity index (χ0n) is 7.54. The van der Waals surface area contributed by atoms with Gasteiger partial charge in [-0.15, -0.1) is 0 Å². The summed E-state index contributed by atoms with van der Waals surface area (Å²) in [6, 6.07) is 0. The molecule has 1 aromatic heterocycles. The van der Waals surface area contributed by atoms with E-state index in [2.05, 4.69) is 15.3 Å². The fourth-order valence-electron chi connectivity index (χ4n) is 0.823. The molecule has 5 heteroatoms. The highest BCUT2D eigenvalue weighted by Gasteiger charge is 2.00. The number of aromatic nitrogens is 2. The van der Waals surface area contributed by atoms with E-state index in [1.807, 2.05) is 6.92 Å². The summed E-state index contributed by atoms with van der Waals surface area (Å²) in [6.07, 6.45) is 3.36. The predicted octanol–water partition coefficient (Wildman–Crippen LogP) is 0.0624. The minimum Gasteiger partial charge on any atom is -0.372 e. The van der Waals surface area contributed by atoms with Crippen molar-refractivity contribution in [3.8, 4) is 0 Å². The van der Waals surface area contributed by atoms with Crippen LogP contribution in [0.15, 0.2) is 12.4 Å². The lowest BCUT2D eigenvalue weighted by molar-refractivity contribution is -0.125. The summed E-state index contributed by atoms with van der Waals surface area (Å²) in [7, 11) is 0. The number of carbonyl (C=O) groups excluding carboxylic acids is 1. The lowest BCUT2D eigenvalue weighted by Gasteiger charge is -2.02. The van der Waals surface area contributed by atoms with E-state index in [4.69, 9.17) is 4.74 Å². The molecular weight excluding hydrogens is 170 g/mol. The van der Waals surface area contributed by atoms with Crippen molar-refractivity contribution in [2.45, 2.75) is 13.5 Å². The molecule has 0 saturated heterocycles. The molecule has 0 fully saturated rings. The molecule has 0 aliphatic carbocycles. The highest BCUT2D eigenvalue weighted by molar-refractivity contribution is 5.77. The molecule has 0 aliphatic heterocycles. The fourth-order valence-corrected chi connectivity index (χ4v) is 0.823. The van der Waals surface area contributed by atoms with Gasteiger partial charge in [-0.05, 0) is 6.92 Å². The van der Waals surface area contributed by atoms with Crippen LogP contribution in [0.3, 0.4) is 0 Å². The zero-order chi connectivity index (χ0) is 9.52. The number of imidazole rings is 1. The van der Waals surface area contributed by atoms with Gasteiger partial charge in [-0.2, -0.15) is 0 Å². The Bertz CT molecular complexity index is 246. The first-order valence-electron chi connectivity index (χ1n) is 4.15. The molecule has 0 aliphatic rings. The van der Waals surface area contributed by atoms with Crippen molar-refractivity contribution in [1.29, 1.82) is 0 Å². The Labute approximate surface area is 76.5 Å². The first-order valence-corrected chi connectivity index (χ1v) is 4.15. The highest BCUT2D eigenvalue weighted by atomic mass is 16.5. The maximum absolute atomic E-state index is 11.0. The van der Waals surface area contributed by atoms with Crippen molar-refractivity contribution < 1.29 is 9.53 Å². The number of ether oxygens (including phenoxy) is 1. The number of nitrogens with zero attached hydrogens (tertiary/aromatic N) is 1. The van der Waals surface area contributed by atoms with E-state index < -0.39 is 0 Å². The maximum Gasteiger partial charge on any atom is 0.246 e. The van der Waals surface area contributed by atoms with Crippen LogP contribution in [0.4, 0.5) is 0 Å². The van der Waals surface area contributed by atoms with Crippen LogP contribution >= 0.6 is 0 Å². The molecule has 5 nitrogen and oxygen atoms in total. The smallest absolute Gasteiger partial charge is 0.246 e. The molecule has 1 rings (SSSR count). The average molecular weight is 183 g/mol. The van der Waals surface area contributed by atoms with Gasteiger partial charge >= 0.3 is 0 Å². The summed E-state index contributed by atoms with van der Waals surface area (Å²) >= 11 is 0. The van der Waals surface area contributed by atoms with Crippen molar-refractivity contribution in [2.75, 3.05) is 13.2 Å². The minimum atomic E-state index is -0.127. The summed E-state index contributed by atoms with van der Waals surface area (Å²) in [5.41, 5.74) is 0. The van der Waals surface area contributed by atoms with Gasteiger partial charge in [0.2, 0.25) is 5.91 Å². The molecule has 0 atom stereocenters. The molecular formula is C8H13N3O2. The first kappa shape index (κ1) is 9.73. The van der Waals surface area contributed by atoms with Gasteiger partial charge in [-0.3, -0.25) is 4.79 Å². The van der Waals surface area contributed by atoms with Gasteiger partial charge in [0.1, 0.15) is 12.4 Å². The van der Waals surface area contributed by atoms with Crippen LogP contribution < -0.4 is 5.32 Å². The number of aromatic amines is 1. The number of H-pyrrole nitrogens is 1. The van der Waals surface area contributed by atoms with E-state index in [1.165, 1.54) is 0 Å². The molecule has 1 amide bonds. The second-order valence-corrected chi connectivity index (χ2v) is 2.45. The molecule has 1 heterocycles. The maximum atomic E-state index is 11.0. The second-order valence-electron chi connectivity index (χ2n) is 2.45. The van der Waals surface area contributed by atoms with Crippen LogP contribution in [0.25, 0.3) is 0 Å². The van der Waals surface area contributed by atoms with E-state index in [0.717, 1.165) is 5.82 Å². The van der Waals surface area contributed by atoms with Gasteiger partial charge in [0.15, 0.2) is 0 Å². The number of amides is 1. The lowest BCUT2D eigenvalue weighted by Crippen LogP contribution is -2.27. The van der Waals surface area contributed by atoms with E-state index in [9.17, 15) is 4.79 Å². The number of rotatable bonds is 5. The Hall–Kier alpha value is -1.36. The van der Waals surface area contributed by atoms with Crippen molar-refractivity contribution in [2.24, 2.45) is 0 Å². The third-order valence-corrected chi connectivity index (χ3v) is 1.45. The van der Waals surface area contributed by atoms with Crippen molar-refractivity contribution in [3.63, 3.8) is 0 Å². The topological polar surface area (TPSA) is 67.0 Å². The normalized spacial score (nSPS) is 9.92. The van der Waals surface area contributed by atoms with Crippen LogP contribution in [0.2, 0.25) is 0 Å². The Kier molecular flexibility index (Phi) is 3.98. The van der Waals surface area contributed by atoms with Crippen LogP contribution in [-0.2, 0) is 16.1 Å². The molecule has 0 unspecified atom stereocenters. The molecule has 0 bridgehead atoms. The van der Waals surface area contributed by atoms with Crippen molar-refractivity contribution in [3.05, 3.63) is 18.2 Å². The van der Waals surface area contributed by atoms with Gasteiger partial charge in [0.25, 0.3) is 0 Å². The zero-order valence-corrected chi connectivity index (χ0v) is 7.54. The molecule has 2 N–H and O–H groups in total. The van der Waals surface area contributed by atoms with E-state index in [1.54, 1.807) is 12.4 Å². The summed E-state index contributed by atoms with van der Waals surface area (Å²) in [5.74, 6) is 0.614. The Morgan fingerprint density at radius 1 is 1.77 bits per heavy atom. The van der Waals surface area contributed by atoms with Crippen LogP contribution in [0.5, 0.6) is 0 Å². The summed E-state index contributed by atoms with van der Waals surface area (Å²) < 4.78 is 4.92. The number of carbonyl (C=O) groups is 1. The Balaban J connectivity index is 2.15. The second kappa shape index (κ2) is 5.31. The monoisotopic (exact) mass is 183 g/mol. The van der Waals surface area contributed by atoms with Gasteiger partial charge in [-0.1, -0.05) is 0 Å². The average Bonchev–Trinajstić information content (AvgIpc) is 2.64. The van der Waals surface area contributed by atoms with Gasteiger partial charge in [0.05, 0.1) is 6.54 Å². The molecule has 1 aromatic rings. The van der Waals surface area contributed by atoms with Crippen LogP contribution in [0.1, 0.15) is 12.7 Å². The minimum absolute atomic E-state index is 0.108. The quantitative estimate of drug-likeness (QED) is 0.678. The number of hydrogen-bond donors (Lipinski definition) is 2. The van der Waals surface area contributed by atoms with E-state index >= 15 is 0 Å². The molecule has 13 heavy (non-hydrogen) atoms. The summed E-state index contributed by atoms with van der Waals surface area (Å²) in [5, 5.41) is 2.66. The molecule has 0 spiro atoms. The van der Waals surface area contributed by atoms with Crippen LogP contribution in [0, 0.1) is 0 Å². The molecule has 0 radical (unpaired) electrons. The highest BCUT2D eigenvalue weighted by Crippen LogP contribution is 1.86. The number of nitrogens with one attached hydrogen (secondary N) is 2. The SMILES string of the molecule is CCOCC(=O)NCc1ncc[nH]1. The third-order valence-electron chi connectivity index (χ3n) is 1.45. The number of hydrogen-bond acceptors (Lipinski definition) is 3. The van der Waals surface area contributed by atoms with Gasteiger partial charge < -0.3 is 15.0 Å². The van der Waals surface area contributed by atoms with Crippen molar-refractivity contribution >= 4 is 5.91 Å². The third kappa shape index (κ3) is 3.71. The van der Waals surface area contributed by atoms with Gasteiger partial charge in [0, 0.05) is 19.0 Å². The van der Waals surface area contributed by atoms with Crippen LogP contribution in [-0.4, -0.2) is 29.1 Å². The first-order chi connectivity index (χ1) is 6.33.